The summed E-state index contributed by atoms with van der Waals surface area (Å²) in [6.45, 7) is 12.0. The molecule has 0 aromatic carbocycles. The topological polar surface area (TPSA) is 224 Å². The second-order valence-electron chi connectivity index (χ2n) is 12.2. The Labute approximate surface area is 280 Å². The minimum Gasteiger partial charge on any atom is -0.352 e. The fourth-order valence-corrected chi connectivity index (χ4v) is 8.18. The number of ether oxygens (including phenoxy) is 1. The molecule has 5 atom stereocenters. The van der Waals surface area contributed by atoms with E-state index in [4.69, 9.17) is 19.0 Å². The predicted octanol–water partition coefficient (Wildman–Crippen LogP) is 6.77. The van der Waals surface area contributed by atoms with Crippen LogP contribution in [-0.4, -0.2) is 41.3 Å². The van der Waals surface area contributed by atoms with Gasteiger partial charge >= 0.3 is 29.2 Å². The molecule has 48 heavy (non-hydrogen) atoms. The summed E-state index contributed by atoms with van der Waals surface area (Å²) in [6.07, 6.45) is 13.4. The lowest BCUT2D eigenvalue weighted by Gasteiger charge is -2.23. The molecule has 1 aliphatic rings. The zero-order chi connectivity index (χ0) is 36.3. The van der Waals surface area contributed by atoms with Crippen LogP contribution >= 0.6 is 23.5 Å². The molecule has 15 nitrogen and oxygen atoms in total. The number of aromatic amines is 1. The van der Waals surface area contributed by atoms with Gasteiger partial charge in [-0.3, -0.25) is 18.9 Å². The summed E-state index contributed by atoms with van der Waals surface area (Å²) in [6, 6.07) is 0. The number of phosphoric acid groups is 3. The second-order valence-corrected chi connectivity index (χ2v) is 16.6. The van der Waals surface area contributed by atoms with Crippen molar-refractivity contribution in [1.29, 1.82) is 0 Å². The molecule has 0 radical (unpaired) electrons. The number of rotatable bonds is 19. The Balaban J connectivity index is 2.01. The van der Waals surface area contributed by atoms with E-state index in [1.165, 1.54) is 29.8 Å². The van der Waals surface area contributed by atoms with E-state index in [1.54, 1.807) is 0 Å². The van der Waals surface area contributed by atoms with E-state index in [9.17, 15) is 33.1 Å². The summed E-state index contributed by atoms with van der Waals surface area (Å²) in [7, 11) is -16.9. The summed E-state index contributed by atoms with van der Waals surface area (Å²) in [5.41, 5.74) is 3.79. The van der Waals surface area contributed by atoms with Gasteiger partial charge in [-0.1, -0.05) is 46.6 Å². The van der Waals surface area contributed by atoms with Crippen LogP contribution in [0, 0.1) is 6.92 Å². The Bertz CT molecular complexity index is 1630. The molecule has 2 rings (SSSR count). The maximum atomic E-state index is 12.6. The minimum atomic E-state index is -5.76. The molecule has 1 aliphatic heterocycles. The Morgan fingerprint density at radius 3 is 1.90 bits per heavy atom. The van der Waals surface area contributed by atoms with Crippen LogP contribution in [0.25, 0.3) is 0 Å². The smallest absolute Gasteiger partial charge is 0.352 e. The third kappa shape index (κ3) is 16.1. The van der Waals surface area contributed by atoms with E-state index >= 15 is 0 Å². The van der Waals surface area contributed by atoms with Crippen LogP contribution in [0.4, 0.5) is 0 Å². The number of aromatic nitrogens is 2. The summed E-state index contributed by atoms with van der Waals surface area (Å²) in [4.78, 5) is 63.8. The van der Waals surface area contributed by atoms with Gasteiger partial charge in [0.05, 0.1) is 6.10 Å². The molecule has 18 heteroatoms. The molecule has 272 valence electrons. The van der Waals surface area contributed by atoms with Gasteiger partial charge in [0.2, 0.25) is 0 Å². The van der Waals surface area contributed by atoms with Crippen molar-refractivity contribution in [3.8, 4) is 0 Å². The third-order valence-electron chi connectivity index (χ3n) is 7.39. The van der Waals surface area contributed by atoms with Crippen molar-refractivity contribution in [2.45, 2.75) is 118 Å². The fourth-order valence-electron chi connectivity index (χ4n) is 4.99. The SMILES string of the molecule is CC(C)=CCC/C(C)=C/CC/C(C)=C/CC/C(C)=C/CC[C@@H]1CC(OP(=O)(O)OP(=O)(O)OP(=O)(O)O)[C@H](n2cc(C)c(=O)[nH]c2=O)O1. The van der Waals surface area contributed by atoms with E-state index in [-0.39, 0.29) is 12.0 Å². The van der Waals surface area contributed by atoms with E-state index in [0.29, 0.717) is 12.8 Å². The molecule has 1 aromatic rings. The first-order valence-corrected chi connectivity index (χ1v) is 20.1. The van der Waals surface area contributed by atoms with Gasteiger partial charge in [-0.25, -0.2) is 18.5 Å². The predicted molar refractivity (Wildman–Crippen MR) is 181 cm³/mol. The number of phosphoric ester groups is 1. The van der Waals surface area contributed by atoms with Crippen molar-refractivity contribution in [3.05, 3.63) is 79.2 Å². The van der Waals surface area contributed by atoms with E-state index < -0.39 is 53.2 Å². The van der Waals surface area contributed by atoms with Crippen molar-refractivity contribution in [2.75, 3.05) is 0 Å². The summed E-state index contributed by atoms with van der Waals surface area (Å²) in [5, 5.41) is 0. The number of aryl methyl sites for hydroxylation is 1. The van der Waals surface area contributed by atoms with Gasteiger partial charge < -0.3 is 24.3 Å². The van der Waals surface area contributed by atoms with Crippen LogP contribution in [-0.2, 0) is 31.6 Å². The highest BCUT2D eigenvalue weighted by molar-refractivity contribution is 7.66. The molecule has 1 fully saturated rings. The van der Waals surface area contributed by atoms with Crippen molar-refractivity contribution in [2.24, 2.45) is 0 Å². The maximum Gasteiger partial charge on any atom is 0.490 e. The van der Waals surface area contributed by atoms with Crippen LogP contribution in [0.2, 0.25) is 0 Å². The number of hydrogen-bond donors (Lipinski definition) is 5. The van der Waals surface area contributed by atoms with Gasteiger partial charge in [-0.2, -0.15) is 8.62 Å². The van der Waals surface area contributed by atoms with Crippen molar-refractivity contribution < 1.29 is 51.2 Å². The molecular weight excluding hydrogens is 689 g/mol. The van der Waals surface area contributed by atoms with Crippen LogP contribution in [0.5, 0.6) is 0 Å². The molecule has 5 N–H and O–H groups in total. The van der Waals surface area contributed by atoms with Crippen LogP contribution in [0.15, 0.2) is 62.4 Å². The fraction of sp³-hybridized carbons (Fsp3) is 0.600. The average molecular weight is 739 g/mol. The molecule has 0 saturated carbocycles. The number of nitrogens with one attached hydrogen (secondary N) is 1. The van der Waals surface area contributed by atoms with Crippen LogP contribution in [0.3, 0.4) is 0 Å². The monoisotopic (exact) mass is 738 g/mol. The second kappa shape index (κ2) is 18.8. The quantitative estimate of drug-likeness (QED) is 0.0731. The summed E-state index contributed by atoms with van der Waals surface area (Å²) < 4.78 is 55.0. The minimum absolute atomic E-state index is 0.0735. The highest BCUT2D eigenvalue weighted by Crippen LogP contribution is 2.67. The summed E-state index contributed by atoms with van der Waals surface area (Å²) >= 11 is 0. The molecule has 1 aromatic heterocycles. The van der Waals surface area contributed by atoms with Crippen molar-refractivity contribution in [3.63, 3.8) is 0 Å². The molecule has 2 heterocycles. The molecule has 0 bridgehead atoms. The van der Waals surface area contributed by atoms with Gasteiger partial charge in [-0.15, -0.1) is 0 Å². The Kier molecular flexibility index (Phi) is 16.6. The first-order valence-electron chi connectivity index (χ1n) is 15.6. The lowest BCUT2D eigenvalue weighted by atomic mass is 10.0. The molecule has 1 saturated heterocycles. The van der Waals surface area contributed by atoms with Crippen LogP contribution in [0.1, 0.15) is 104 Å². The van der Waals surface area contributed by atoms with E-state index in [0.717, 1.165) is 48.7 Å². The lowest BCUT2D eigenvalue weighted by Crippen LogP contribution is -2.36. The summed E-state index contributed by atoms with van der Waals surface area (Å²) in [5.74, 6) is 0. The lowest BCUT2D eigenvalue weighted by molar-refractivity contribution is -0.0405. The number of hydrogen-bond acceptors (Lipinski definition) is 9. The Morgan fingerprint density at radius 1 is 0.854 bits per heavy atom. The maximum absolute atomic E-state index is 12.6. The first-order chi connectivity index (χ1) is 22.2. The van der Waals surface area contributed by atoms with Gasteiger partial charge in [0.1, 0.15) is 6.10 Å². The molecular formula is C30H49N2O13P3. The zero-order valence-corrected chi connectivity index (χ0v) is 30.9. The highest BCUT2D eigenvalue weighted by atomic mass is 31.3. The largest absolute Gasteiger partial charge is 0.490 e. The molecule has 0 spiro atoms. The van der Waals surface area contributed by atoms with Crippen molar-refractivity contribution >= 4 is 23.5 Å². The first kappa shape index (κ1) is 42.2. The van der Waals surface area contributed by atoms with Gasteiger partial charge in [0.25, 0.3) is 5.56 Å². The highest BCUT2D eigenvalue weighted by Gasteiger charge is 2.46. The normalized spacial score (nSPS) is 22.0. The van der Waals surface area contributed by atoms with E-state index in [2.05, 4.69) is 59.5 Å². The number of nitrogens with zero attached hydrogens (tertiary/aromatic N) is 1. The molecule has 3 unspecified atom stereocenters. The van der Waals surface area contributed by atoms with Gasteiger partial charge in [0.15, 0.2) is 6.23 Å². The standard InChI is InChI=1S/C30H49N2O13P3/c1-21(2)11-7-12-22(3)13-8-14-23(4)15-9-16-24(5)17-10-18-26-19-27(29(42-26)32-20-25(6)28(33)31-30(32)34)43-47(38,39)45-48(40,41)44-46(35,36)37/h11,13,15,17,20,26-27,29H,7-10,12,14,16,18-19H2,1-6H3,(H,38,39)(H,40,41)(H,31,33,34)(H2,35,36,37)/b22-13+,23-15+,24-17+/t26-,27?,29-/m1/s1. The molecule has 0 aliphatic carbocycles. The number of allylic oxidation sites excluding steroid dienone is 8. The average Bonchev–Trinajstić information content (AvgIpc) is 3.29. The van der Waals surface area contributed by atoms with Gasteiger partial charge in [-0.05, 0) is 92.9 Å². The Morgan fingerprint density at radius 2 is 1.38 bits per heavy atom. The zero-order valence-electron chi connectivity index (χ0n) is 28.2. The molecule has 0 amide bonds. The third-order valence-corrected chi connectivity index (χ3v) is 11.2. The number of H-pyrrole nitrogens is 1. The Hall–Kier alpha value is -1.99. The van der Waals surface area contributed by atoms with Crippen molar-refractivity contribution in [1.82, 2.24) is 9.55 Å². The van der Waals surface area contributed by atoms with Gasteiger partial charge in [0, 0.05) is 18.2 Å². The van der Waals surface area contributed by atoms with E-state index in [1.807, 2.05) is 13.0 Å². The van der Waals surface area contributed by atoms with Crippen LogP contribution < -0.4 is 11.2 Å².